The Hall–Kier alpha value is -0.820. The SMILES string of the molecule is CCCCCCC(O)c1cccc(CC(C)C)c1. The largest absolute Gasteiger partial charge is 0.388 e. The highest BCUT2D eigenvalue weighted by Gasteiger charge is 2.08. The molecular formula is C17H28O. The maximum absolute atomic E-state index is 10.2. The molecule has 0 spiro atoms. The second-order valence-corrected chi connectivity index (χ2v) is 5.71. The average Bonchev–Trinajstić information content (AvgIpc) is 2.34. The van der Waals surface area contributed by atoms with Crippen LogP contribution < -0.4 is 0 Å². The first-order chi connectivity index (χ1) is 8.63. The molecule has 1 nitrogen and oxygen atoms in total. The number of hydrogen-bond acceptors (Lipinski definition) is 1. The van der Waals surface area contributed by atoms with Gasteiger partial charge in [0.25, 0.3) is 0 Å². The van der Waals surface area contributed by atoms with E-state index in [1.54, 1.807) is 0 Å². The molecule has 1 rings (SSSR count). The monoisotopic (exact) mass is 248 g/mol. The van der Waals surface area contributed by atoms with E-state index in [0.29, 0.717) is 5.92 Å². The van der Waals surface area contributed by atoms with Crippen LogP contribution in [0.25, 0.3) is 0 Å². The van der Waals surface area contributed by atoms with Gasteiger partial charge in [0.1, 0.15) is 0 Å². The van der Waals surface area contributed by atoms with E-state index in [-0.39, 0.29) is 6.10 Å². The molecule has 1 aromatic carbocycles. The quantitative estimate of drug-likeness (QED) is 0.649. The van der Waals surface area contributed by atoms with E-state index in [4.69, 9.17) is 0 Å². The standard InChI is InChI=1S/C17H28O/c1-4-5-6-7-11-17(18)16-10-8-9-15(13-16)12-14(2)3/h8-10,13-14,17-18H,4-7,11-12H2,1-3H3. The Balaban J connectivity index is 2.48. The molecule has 1 atom stereocenters. The van der Waals surface area contributed by atoms with Gasteiger partial charge in [-0.15, -0.1) is 0 Å². The predicted octanol–water partition coefficient (Wildman–Crippen LogP) is 4.89. The summed E-state index contributed by atoms with van der Waals surface area (Å²) >= 11 is 0. The molecular weight excluding hydrogens is 220 g/mol. The summed E-state index contributed by atoms with van der Waals surface area (Å²) in [6, 6.07) is 8.45. The molecule has 0 saturated heterocycles. The third kappa shape index (κ3) is 5.68. The van der Waals surface area contributed by atoms with Gasteiger partial charge in [-0.05, 0) is 29.9 Å². The highest BCUT2D eigenvalue weighted by molar-refractivity contribution is 5.25. The Morgan fingerprint density at radius 1 is 1.11 bits per heavy atom. The Morgan fingerprint density at radius 3 is 2.56 bits per heavy atom. The van der Waals surface area contributed by atoms with Gasteiger partial charge in [-0.3, -0.25) is 0 Å². The topological polar surface area (TPSA) is 20.2 Å². The summed E-state index contributed by atoms with van der Waals surface area (Å²) < 4.78 is 0. The number of aliphatic hydroxyl groups excluding tert-OH is 1. The van der Waals surface area contributed by atoms with Crippen LogP contribution in [-0.4, -0.2) is 5.11 Å². The zero-order chi connectivity index (χ0) is 13.4. The van der Waals surface area contributed by atoms with Crippen LogP contribution in [0.15, 0.2) is 24.3 Å². The van der Waals surface area contributed by atoms with Gasteiger partial charge in [-0.25, -0.2) is 0 Å². The van der Waals surface area contributed by atoms with Crippen molar-refractivity contribution in [1.82, 2.24) is 0 Å². The first-order valence-electron chi connectivity index (χ1n) is 7.40. The van der Waals surface area contributed by atoms with E-state index in [9.17, 15) is 5.11 Å². The average molecular weight is 248 g/mol. The molecule has 0 aliphatic heterocycles. The molecule has 0 heterocycles. The third-order valence-electron chi connectivity index (χ3n) is 3.31. The zero-order valence-electron chi connectivity index (χ0n) is 12.2. The van der Waals surface area contributed by atoms with Crippen molar-refractivity contribution in [2.24, 2.45) is 5.92 Å². The van der Waals surface area contributed by atoms with Crippen LogP contribution >= 0.6 is 0 Å². The molecule has 0 aliphatic carbocycles. The lowest BCUT2D eigenvalue weighted by molar-refractivity contribution is 0.163. The van der Waals surface area contributed by atoms with Crippen molar-refractivity contribution >= 4 is 0 Å². The maximum Gasteiger partial charge on any atom is 0.0790 e. The van der Waals surface area contributed by atoms with Crippen molar-refractivity contribution in [3.8, 4) is 0 Å². The Labute approximate surface area is 112 Å². The van der Waals surface area contributed by atoms with Crippen molar-refractivity contribution in [1.29, 1.82) is 0 Å². The van der Waals surface area contributed by atoms with Gasteiger partial charge >= 0.3 is 0 Å². The number of benzene rings is 1. The number of unbranched alkanes of at least 4 members (excludes halogenated alkanes) is 3. The zero-order valence-corrected chi connectivity index (χ0v) is 12.2. The summed E-state index contributed by atoms with van der Waals surface area (Å²) in [6.45, 7) is 6.67. The Bertz CT molecular complexity index is 330. The van der Waals surface area contributed by atoms with Crippen LogP contribution in [0.3, 0.4) is 0 Å². The fourth-order valence-electron chi connectivity index (χ4n) is 2.33. The van der Waals surface area contributed by atoms with E-state index in [2.05, 4.69) is 39.0 Å². The van der Waals surface area contributed by atoms with Crippen molar-refractivity contribution < 1.29 is 5.11 Å². The van der Waals surface area contributed by atoms with Gasteiger partial charge in [0, 0.05) is 0 Å². The second-order valence-electron chi connectivity index (χ2n) is 5.71. The summed E-state index contributed by atoms with van der Waals surface area (Å²) in [5.41, 5.74) is 2.43. The van der Waals surface area contributed by atoms with Gasteiger partial charge in [0.15, 0.2) is 0 Å². The Kier molecular flexibility index (Phi) is 7.04. The van der Waals surface area contributed by atoms with E-state index < -0.39 is 0 Å². The molecule has 1 heteroatoms. The maximum atomic E-state index is 10.2. The lowest BCUT2D eigenvalue weighted by Gasteiger charge is -2.13. The normalized spacial score (nSPS) is 12.9. The minimum absolute atomic E-state index is 0.283. The minimum Gasteiger partial charge on any atom is -0.388 e. The molecule has 0 fully saturated rings. The fourth-order valence-corrected chi connectivity index (χ4v) is 2.33. The van der Waals surface area contributed by atoms with E-state index >= 15 is 0 Å². The van der Waals surface area contributed by atoms with Crippen LogP contribution in [0.4, 0.5) is 0 Å². The van der Waals surface area contributed by atoms with E-state index in [0.717, 1.165) is 24.8 Å². The molecule has 1 aromatic rings. The van der Waals surface area contributed by atoms with Crippen molar-refractivity contribution in [3.05, 3.63) is 35.4 Å². The van der Waals surface area contributed by atoms with Crippen LogP contribution in [0.2, 0.25) is 0 Å². The number of hydrogen-bond donors (Lipinski definition) is 1. The van der Waals surface area contributed by atoms with Crippen LogP contribution in [0, 0.1) is 5.92 Å². The molecule has 18 heavy (non-hydrogen) atoms. The molecule has 0 amide bonds. The molecule has 0 radical (unpaired) electrons. The van der Waals surface area contributed by atoms with Gasteiger partial charge in [-0.1, -0.05) is 70.7 Å². The van der Waals surface area contributed by atoms with Crippen molar-refractivity contribution in [2.75, 3.05) is 0 Å². The number of aliphatic hydroxyl groups is 1. The highest BCUT2D eigenvalue weighted by Crippen LogP contribution is 2.21. The molecule has 0 saturated carbocycles. The number of rotatable bonds is 8. The molecule has 0 bridgehead atoms. The van der Waals surface area contributed by atoms with Crippen LogP contribution in [-0.2, 0) is 6.42 Å². The lowest BCUT2D eigenvalue weighted by Crippen LogP contribution is -2.00. The van der Waals surface area contributed by atoms with Gasteiger partial charge < -0.3 is 5.11 Å². The smallest absolute Gasteiger partial charge is 0.0790 e. The summed E-state index contributed by atoms with van der Waals surface area (Å²) in [5.74, 6) is 0.668. The summed E-state index contributed by atoms with van der Waals surface area (Å²) in [7, 11) is 0. The van der Waals surface area contributed by atoms with Gasteiger partial charge in [-0.2, -0.15) is 0 Å². The Morgan fingerprint density at radius 2 is 1.89 bits per heavy atom. The van der Waals surface area contributed by atoms with Crippen molar-refractivity contribution in [3.63, 3.8) is 0 Å². The summed E-state index contributed by atoms with van der Waals surface area (Å²) in [4.78, 5) is 0. The minimum atomic E-state index is -0.283. The molecule has 102 valence electrons. The summed E-state index contributed by atoms with van der Waals surface area (Å²) in [5, 5.41) is 10.2. The second kappa shape index (κ2) is 8.31. The van der Waals surface area contributed by atoms with Crippen LogP contribution in [0.1, 0.15) is 70.1 Å². The first kappa shape index (κ1) is 15.2. The molecule has 0 aromatic heterocycles. The fraction of sp³-hybridized carbons (Fsp3) is 0.647. The molecule has 0 aliphatic rings. The highest BCUT2D eigenvalue weighted by atomic mass is 16.3. The third-order valence-corrected chi connectivity index (χ3v) is 3.31. The predicted molar refractivity (Wildman–Crippen MR) is 78.7 cm³/mol. The molecule has 1 unspecified atom stereocenters. The lowest BCUT2D eigenvalue weighted by atomic mass is 9.97. The van der Waals surface area contributed by atoms with Crippen molar-refractivity contribution in [2.45, 2.75) is 65.4 Å². The van der Waals surface area contributed by atoms with Gasteiger partial charge in [0.2, 0.25) is 0 Å². The van der Waals surface area contributed by atoms with E-state index in [1.807, 2.05) is 6.07 Å². The van der Waals surface area contributed by atoms with Gasteiger partial charge in [0.05, 0.1) is 6.10 Å². The molecule has 1 N–H and O–H groups in total. The first-order valence-corrected chi connectivity index (χ1v) is 7.40. The summed E-state index contributed by atoms with van der Waals surface area (Å²) in [6.07, 6.45) is 6.60. The van der Waals surface area contributed by atoms with Crippen LogP contribution in [0.5, 0.6) is 0 Å². The van der Waals surface area contributed by atoms with E-state index in [1.165, 1.54) is 24.8 Å².